The van der Waals surface area contributed by atoms with Crippen molar-refractivity contribution in [2.45, 2.75) is 19.8 Å². The normalized spacial score (nSPS) is 14.8. The van der Waals surface area contributed by atoms with Crippen molar-refractivity contribution in [1.29, 1.82) is 0 Å². The minimum atomic E-state index is -0.378. The first kappa shape index (κ1) is 17.9. The monoisotopic (exact) mass is 353 g/mol. The first-order chi connectivity index (χ1) is 12.6. The molecule has 0 saturated carbocycles. The summed E-state index contributed by atoms with van der Waals surface area (Å²) in [6.07, 6.45) is 2.00. The highest BCUT2D eigenvalue weighted by Crippen LogP contribution is 2.23. The van der Waals surface area contributed by atoms with E-state index in [9.17, 15) is 9.59 Å². The molecule has 3 rings (SSSR count). The third-order valence-electron chi connectivity index (χ3n) is 4.63. The highest BCUT2D eigenvalue weighted by Gasteiger charge is 2.23. The zero-order chi connectivity index (χ0) is 18.5. The van der Waals surface area contributed by atoms with E-state index < -0.39 is 0 Å². The van der Waals surface area contributed by atoms with Gasteiger partial charge in [0.15, 0.2) is 0 Å². The molecule has 0 radical (unpaired) electrons. The first-order valence-corrected chi connectivity index (χ1v) is 8.79. The summed E-state index contributed by atoms with van der Waals surface area (Å²) in [5.41, 5.74) is 1.06. The number of piperidine rings is 1. The van der Waals surface area contributed by atoms with Gasteiger partial charge in [0.2, 0.25) is 0 Å². The highest BCUT2D eigenvalue weighted by atomic mass is 16.5. The third kappa shape index (κ3) is 4.02. The van der Waals surface area contributed by atoms with Gasteiger partial charge in [-0.2, -0.15) is 0 Å². The molecule has 1 aliphatic rings. The Labute approximate surface area is 153 Å². The second-order valence-electron chi connectivity index (χ2n) is 6.54. The molecule has 1 N–H and O–H groups in total. The van der Waals surface area contributed by atoms with E-state index in [1.807, 2.05) is 17.0 Å². The van der Waals surface area contributed by atoms with E-state index in [1.54, 1.807) is 37.4 Å². The lowest BCUT2D eigenvalue weighted by Gasteiger charge is -2.30. The van der Waals surface area contributed by atoms with Gasteiger partial charge in [-0.15, -0.1) is 0 Å². The summed E-state index contributed by atoms with van der Waals surface area (Å²) in [5.74, 6) is 0.709. The number of anilines is 1. The number of hydrogen-bond acceptors (Lipinski definition) is 4. The molecule has 6 heteroatoms. The lowest BCUT2D eigenvalue weighted by Crippen LogP contribution is -2.38. The van der Waals surface area contributed by atoms with E-state index in [-0.39, 0.29) is 17.5 Å². The van der Waals surface area contributed by atoms with Crippen LogP contribution in [0.4, 0.5) is 5.69 Å². The Morgan fingerprint density at radius 1 is 1.08 bits per heavy atom. The summed E-state index contributed by atoms with van der Waals surface area (Å²) in [7, 11) is 1.54. The quantitative estimate of drug-likeness (QED) is 0.916. The van der Waals surface area contributed by atoms with Gasteiger partial charge in [-0.05, 0) is 43.0 Å². The number of likely N-dealkylation sites (tertiary alicyclic amines) is 1. The van der Waals surface area contributed by atoms with Gasteiger partial charge in [0.25, 0.3) is 11.8 Å². The molecule has 0 bridgehead atoms. The number of aromatic nitrogens is 1. The predicted octanol–water partition coefficient (Wildman–Crippen LogP) is 3.21. The maximum Gasteiger partial charge on any atom is 0.274 e. The lowest BCUT2D eigenvalue weighted by molar-refractivity contribution is 0.0691. The molecule has 1 aromatic carbocycles. The van der Waals surface area contributed by atoms with Crippen molar-refractivity contribution in [1.82, 2.24) is 9.88 Å². The molecular weight excluding hydrogens is 330 g/mol. The van der Waals surface area contributed by atoms with Gasteiger partial charge in [0.1, 0.15) is 17.1 Å². The van der Waals surface area contributed by atoms with Crippen LogP contribution in [-0.4, -0.2) is 41.9 Å². The zero-order valence-corrected chi connectivity index (χ0v) is 15.1. The van der Waals surface area contributed by atoms with Crippen LogP contribution in [0.15, 0.2) is 42.5 Å². The van der Waals surface area contributed by atoms with Crippen LogP contribution in [0.25, 0.3) is 0 Å². The fourth-order valence-corrected chi connectivity index (χ4v) is 2.99. The number of nitrogens with zero attached hydrogens (tertiary/aromatic N) is 2. The fourth-order valence-electron chi connectivity index (χ4n) is 2.99. The molecule has 1 aromatic heterocycles. The predicted molar refractivity (Wildman–Crippen MR) is 99.5 cm³/mol. The van der Waals surface area contributed by atoms with Gasteiger partial charge in [0, 0.05) is 13.1 Å². The van der Waals surface area contributed by atoms with Crippen molar-refractivity contribution in [3.8, 4) is 5.75 Å². The Hall–Kier alpha value is -2.89. The SMILES string of the molecule is COc1ccccc1NC(=O)c1cccc(C(=O)N2CCC(C)CC2)n1. The number of rotatable bonds is 4. The maximum absolute atomic E-state index is 12.7. The Bertz CT molecular complexity index is 798. The van der Waals surface area contributed by atoms with E-state index in [2.05, 4.69) is 17.2 Å². The number of hydrogen-bond donors (Lipinski definition) is 1. The van der Waals surface area contributed by atoms with Crippen LogP contribution >= 0.6 is 0 Å². The number of nitrogens with one attached hydrogen (secondary N) is 1. The molecule has 0 atom stereocenters. The Morgan fingerprint density at radius 2 is 1.77 bits per heavy atom. The Kier molecular flexibility index (Phi) is 5.51. The smallest absolute Gasteiger partial charge is 0.274 e. The van der Waals surface area contributed by atoms with Crippen LogP contribution in [0.5, 0.6) is 5.75 Å². The van der Waals surface area contributed by atoms with Gasteiger partial charge in [-0.1, -0.05) is 25.1 Å². The average Bonchev–Trinajstić information content (AvgIpc) is 2.68. The molecule has 136 valence electrons. The lowest BCUT2D eigenvalue weighted by atomic mass is 9.99. The average molecular weight is 353 g/mol. The van der Waals surface area contributed by atoms with Crippen LogP contribution in [0.3, 0.4) is 0 Å². The van der Waals surface area contributed by atoms with Crippen LogP contribution in [0.1, 0.15) is 40.7 Å². The van der Waals surface area contributed by atoms with Gasteiger partial charge < -0.3 is 15.0 Å². The summed E-state index contributed by atoms with van der Waals surface area (Å²) < 4.78 is 5.24. The Morgan fingerprint density at radius 3 is 2.50 bits per heavy atom. The number of methoxy groups -OCH3 is 1. The summed E-state index contributed by atoms with van der Waals surface area (Å²) >= 11 is 0. The molecule has 2 amide bonds. The van der Waals surface area contributed by atoms with E-state index in [1.165, 1.54) is 0 Å². The fraction of sp³-hybridized carbons (Fsp3) is 0.350. The van der Waals surface area contributed by atoms with E-state index in [0.717, 1.165) is 25.9 Å². The van der Waals surface area contributed by atoms with Crippen LogP contribution in [-0.2, 0) is 0 Å². The van der Waals surface area contributed by atoms with Crippen molar-refractivity contribution in [2.75, 3.05) is 25.5 Å². The molecule has 0 unspecified atom stereocenters. The topological polar surface area (TPSA) is 71.5 Å². The molecule has 6 nitrogen and oxygen atoms in total. The number of amides is 2. The summed E-state index contributed by atoms with van der Waals surface area (Å²) in [6.45, 7) is 3.67. The number of benzene rings is 1. The maximum atomic E-state index is 12.7. The molecule has 0 spiro atoms. The highest BCUT2D eigenvalue weighted by molar-refractivity contribution is 6.04. The largest absolute Gasteiger partial charge is 0.495 e. The first-order valence-electron chi connectivity index (χ1n) is 8.79. The number of para-hydroxylation sites is 2. The van der Waals surface area contributed by atoms with Crippen molar-refractivity contribution in [2.24, 2.45) is 5.92 Å². The van der Waals surface area contributed by atoms with Gasteiger partial charge in [-0.3, -0.25) is 9.59 Å². The minimum Gasteiger partial charge on any atom is -0.495 e. The second kappa shape index (κ2) is 7.99. The Balaban J connectivity index is 1.74. The van der Waals surface area contributed by atoms with E-state index >= 15 is 0 Å². The van der Waals surface area contributed by atoms with Gasteiger partial charge in [0.05, 0.1) is 12.8 Å². The number of carbonyl (C=O) groups is 2. The number of carbonyl (C=O) groups excluding carboxylic acids is 2. The summed E-state index contributed by atoms with van der Waals surface area (Å²) in [5, 5.41) is 2.78. The van der Waals surface area contributed by atoms with Crippen LogP contribution in [0.2, 0.25) is 0 Å². The van der Waals surface area contributed by atoms with Gasteiger partial charge in [-0.25, -0.2) is 4.98 Å². The molecule has 2 heterocycles. The van der Waals surface area contributed by atoms with Crippen molar-refractivity contribution < 1.29 is 14.3 Å². The van der Waals surface area contributed by atoms with Crippen molar-refractivity contribution in [3.05, 3.63) is 53.9 Å². The zero-order valence-electron chi connectivity index (χ0n) is 15.1. The third-order valence-corrected chi connectivity index (χ3v) is 4.63. The molecule has 1 fully saturated rings. The molecule has 1 saturated heterocycles. The molecule has 26 heavy (non-hydrogen) atoms. The summed E-state index contributed by atoms with van der Waals surface area (Å²) in [6, 6.07) is 12.1. The number of pyridine rings is 1. The molecule has 0 aliphatic carbocycles. The molecule has 2 aromatic rings. The van der Waals surface area contributed by atoms with Crippen LogP contribution in [0, 0.1) is 5.92 Å². The second-order valence-corrected chi connectivity index (χ2v) is 6.54. The van der Waals surface area contributed by atoms with Crippen molar-refractivity contribution in [3.63, 3.8) is 0 Å². The van der Waals surface area contributed by atoms with Crippen LogP contribution < -0.4 is 10.1 Å². The molecular formula is C20H23N3O3. The standard InChI is InChI=1S/C20H23N3O3/c1-14-10-12-23(13-11-14)20(25)17-8-5-7-16(21-17)19(24)22-15-6-3-4-9-18(15)26-2/h3-9,14H,10-13H2,1-2H3,(H,22,24). The minimum absolute atomic E-state index is 0.121. The van der Waals surface area contributed by atoms with E-state index in [0.29, 0.717) is 23.0 Å². The number of ether oxygens (including phenoxy) is 1. The van der Waals surface area contributed by atoms with Crippen molar-refractivity contribution >= 4 is 17.5 Å². The van der Waals surface area contributed by atoms with Gasteiger partial charge >= 0.3 is 0 Å². The van der Waals surface area contributed by atoms with E-state index in [4.69, 9.17) is 4.74 Å². The summed E-state index contributed by atoms with van der Waals surface area (Å²) in [4.78, 5) is 31.3. The molecule has 1 aliphatic heterocycles.